The normalized spacial score (nSPS) is 10.9. The molecule has 1 rings (SSSR count). The molecule has 0 aliphatic carbocycles. The minimum atomic E-state index is -0.652. The second-order valence-corrected chi connectivity index (χ2v) is 4.70. The van der Waals surface area contributed by atoms with E-state index in [-0.39, 0.29) is 4.47 Å². The van der Waals surface area contributed by atoms with Gasteiger partial charge < -0.3 is 9.47 Å². The van der Waals surface area contributed by atoms with Gasteiger partial charge in [-0.3, -0.25) is 14.9 Å². The highest BCUT2D eigenvalue weighted by Crippen LogP contribution is 2.10. The number of pyridine rings is 1. The lowest BCUT2D eigenvalue weighted by Gasteiger charge is -2.18. The summed E-state index contributed by atoms with van der Waals surface area (Å²) in [6, 6.07) is 0. The summed E-state index contributed by atoms with van der Waals surface area (Å²) in [6.07, 6.45) is 2.87. The topological polar surface area (TPSA) is 68.4 Å². The van der Waals surface area contributed by atoms with Gasteiger partial charge in [0.05, 0.1) is 15.6 Å². The number of rotatable bonds is 6. The van der Waals surface area contributed by atoms with E-state index in [2.05, 4.69) is 34.7 Å². The first kappa shape index (κ1) is 14.8. The second-order valence-electron chi connectivity index (χ2n) is 3.84. The van der Waals surface area contributed by atoms with Crippen molar-refractivity contribution in [3.05, 3.63) is 37.2 Å². The van der Waals surface area contributed by atoms with Crippen LogP contribution in [0, 0.1) is 10.1 Å². The third-order valence-corrected chi connectivity index (χ3v) is 3.35. The molecule has 7 heteroatoms. The van der Waals surface area contributed by atoms with Gasteiger partial charge in [-0.15, -0.1) is 0 Å². The number of hydrogen-bond donors (Lipinski definition) is 0. The number of halogens is 1. The van der Waals surface area contributed by atoms with Crippen molar-refractivity contribution in [2.45, 2.75) is 20.4 Å². The van der Waals surface area contributed by atoms with Crippen LogP contribution < -0.4 is 5.43 Å². The molecule has 0 N–H and O–H groups in total. The maximum atomic E-state index is 11.5. The van der Waals surface area contributed by atoms with Crippen molar-refractivity contribution in [2.75, 3.05) is 19.6 Å². The molecular formula is C11H16BrN3O3. The molecule has 0 unspecified atom stereocenters. The molecule has 0 amide bonds. The predicted molar refractivity (Wildman–Crippen MR) is 72.8 cm³/mol. The molecule has 0 radical (unpaired) electrons. The average Bonchev–Trinajstić information content (AvgIpc) is 2.34. The quantitative estimate of drug-likeness (QED) is 0.593. The molecular weight excluding hydrogens is 302 g/mol. The largest absolute Gasteiger partial charge is 0.346 e. The Balaban J connectivity index is 2.91. The van der Waals surface area contributed by atoms with E-state index in [1.54, 1.807) is 10.8 Å². The summed E-state index contributed by atoms with van der Waals surface area (Å²) in [5.41, 5.74) is -0.983. The van der Waals surface area contributed by atoms with Gasteiger partial charge in [-0.1, -0.05) is 13.8 Å². The van der Waals surface area contributed by atoms with Crippen LogP contribution in [0.3, 0.4) is 0 Å². The number of nitrogens with zero attached hydrogens (tertiary/aromatic N) is 3. The van der Waals surface area contributed by atoms with Crippen LogP contribution in [0.1, 0.15) is 13.8 Å². The van der Waals surface area contributed by atoms with Crippen LogP contribution in [-0.4, -0.2) is 34.0 Å². The van der Waals surface area contributed by atoms with E-state index in [9.17, 15) is 14.9 Å². The molecule has 0 saturated heterocycles. The molecule has 0 fully saturated rings. The van der Waals surface area contributed by atoms with Crippen molar-refractivity contribution >= 4 is 21.6 Å². The second kappa shape index (κ2) is 6.65. The molecule has 0 aliphatic rings. The van der Waals surface area contributed by atoms with E-state index in [4.69, 9.17) is 0 Å². The minimum Gasteiger partial charge on any atom is -0.346 e. The molecule has 1 aromatic rings. The van der Waals surface area contributed by atoms with Crippen molar-refractivity contribution < 1.29 is 4.92 Å². The molecule has 0 saturated carbocycles. The SMILES string of the molecule is CCN(CC)CCn1cc(Br)c(=O)c([N+](=O)[O-])c1. The maximum Gasteiger partial charge on any atom is 0.333 e. The molecule has 0 atom stereocenters. The van der Waals surface area contributed by atoms with Crippen LogP contribution in [0.15, 0.2) is 21.7 Å². The summed E-state index contributed by atoms with van der Waals surface area (Å²) < 4.78 is 1.89. The Morgan fingerprint density at radius 3 is 2.50 bits per heavy atom. The van der Waals surface area contributed by atoms with Crippen molar-refractivity contribution in [1.29, 1.82) is 0 Å². The first-order valence-electron chi connectivity index (χ1n) is 5.75. The maximum absolute atomic E-state index is 11.5. The van der Waals surface area contributed by atoms with E-state index in [0.29, 0.717) is 6.54 Å². The van der Waals surface area contributed by atoms with Gasteiger partial charge in [-0.25, -0.2) is 0 Å². The lowest BCUT2D eigenvalue weighted by molar-refractivity contribution is -0.386. The van der Waals surface area contributed by atoms with Gasteiger partial charge in [0, 0.05) is 19.3 Å². The van der Waals surface area contributed by atoms with Gasteiger partial charge in [-0.05, 0) is 29.0 Å². The highest BCUT2D eigenvalue weighted by atomic mass is 79.9. The van der Waals surface area contributed by atoms with Crippen LogP contribution >= 0.6 is 15.9 Å². The summed E-state index contributed by atoms with van der Waals surface area (Å²) in [4.78, 5) is 23.8. The van der Waals surface area contributed by atoms with E-state index in [1.165, 1.54) is 6.20 Å². The van der Waals surface area contributed by atoms with Crippen molar-refractivity contribution in [3.63, 3.8) is 0 Å². The van der Waals surface area contributed by atoms with Gasteiger partial charge in [-0.2, -0.15) is 0 Å². The Morgan fingerprint density at radius 2 is 2.00 bits per heavy atom. The highest BCUT2D eigenvalue weighted by Gasteiger charge is 2.15. The molecule has 0 aliphatic heterocycles. The van der Waals surface area contributed by atoms with Crippen molar-refractivity contribution in [2.24, 2.45) is 0 Å². The molecule has 100 valence electrons. The minimum absolute atomic E-state index is 0.219. The molecule has 1 aromatic heterocycles. The number of aromatic nitrogens is 1. The summed E-state index contributed by atoms with van der Waals surface area (Å²) in [5, 5.41) is 10.7. The van der Waals surface area contributed by atoms with Gasteiger partial charge in [0.15, 0.2) is 0 Å². The lowest BCUT2D eigenvalue weighted by Crippen LogP contribution is -2.27. The summed E-state index contributed by atoms with van der Waals surface area (Å²) in [6.45, 7) is 7.39. The van der Waals surface area contributed by atoms with Crippen LogP contribution in [0.5, 0.6) is 0 Å². The zero-order valence-corrected chi connectivity index (χ0v) is 12.0. The summed E-state index contributed by atoms with van der Waals surface area (Å²) >= 11 is 3.05. The fraction of sp³-hybridized carbons (Fsp3) is 0.545. The van der Waals surface area contributed by atoms with Gasteiger partial charge in [0.25, 0.3) is 5.43 Å². The number of nitro groups is 1. The summed E-state index contributed by atoms with van der Waals surface area (Å²) in [7, 11) is 0. The highest BCUT2D eigenvalue weighted by molar-refractivity contribution is 9.10. The van der Waals surface area contributed by atoms with E-state index < -0.39 is 16.0 Å². The van der Waals surface area contributed by atoms with Crippen LogP contribution in [0.25, 0.3) is 0 Å². The van der Waals surface area contributed by atoms with E-state index in [1.807, 2.05) is 0 Å². The monoisotopic (exact) mass is 317 g/mol. The Bertz CT molecular complexity index is 483. The van der Waals surface area contributed by atoms with Crippen LogP contribution in [0.4, 0.5) is 5.69 Å². The van der Waals surface area contributed by atoms with Crippen LogP contribution in [0.2, 0.25) is 0 Å². The molecule has 18 heavy (non-hydrogen) atoms. The smallest absolute Gasteiger partial charge is 0.333 e. The Kier molecular flexibility index (Phi) is 5.49. The zero-order chi connectivity index (χ0) is 13.7. The fourth-order valence-corrected chi connectivity index (χ4v) is 2.10. The third kappa shape index (κ3) is 3.64. The zero-order valence-electron chi connectivity index (χ0n) is 10.4. The standard InChI is InChI=1S/C11H16BrN3O3/c1-3-13(4-2)5-6-14-7-9(12)11(16)10(8-14)15(17)18/h7-8H,3-6H2,1-2H3. The van der Waals surface area contributed by atoms with E-state index in [0.717, 1.165) is 19.6 Å². The first-order chi connectivity index (χ1) is 8.49. The van der Waals surface area contributed by atoms with Gasteiger partial charge in [0.1, 0.15) is 0 Å². The average molecular weight is 318 g/mol. The number of hydrogen-bond acceptors (Lipinski definition) is 4. The molecule has 6 nitrogen and oxygen atoms in total. The number of likely N-dealkylation sites (N-methyl/N-ethyl adjacent to an activating group) is 1. The summed E-state index contributed by atoms with van der Waals surface area (Å²) in [5.74, 6) is 0. The van der Waals surface area contributed by atoms with Crippen molar-refractivity contribution in [1.82, 2.24) is 9.47 Å². The Hall–Kier alpha value is -1.21. The van der Waals surface area contributed by atoms with Crippen LogP contribution in [-0.2, 0) is 6.54 Å². The van der Waals surface area contributed by atoms with E-state index >= 15 is 0 Å². The van der Waals surface area contributed by atoms with Gasteiger partial charge >= 0.3 is 5.69 Å². The molecule has 1 heterocycles. The third-order valence-electron chi connectivity index (χ3n) is 2.78. The van der Waals surface area contributed by atoms with Gasteiger partial charge in [0.2, 0.25) is 0 Å². The first-order valence-corrected chi connectivity index (χ1v) is 6.55. The Labute approximate surface area is 113 Å². The van der Waals surface area contributed by atoms with Crippen molar-refractivity contribution in [3.8, 4) is 0 Å². The lowest BCUT2D eigenvalue weighted by atomic mass is 10.4. The fourth-order valence-electron chi connectivity index (χ4n) is 1.64. The predicted octanol–water partition coefficient (Wildman–Crippen LogP) is 1.86. The molecule has 0 spiro atoms. The molecule has 0 aromatic carbocycles. The Morgan fingerprint density at radius 1 is 1.39 bits per heavy atom. The molecule has 0 bridgehead atoms.